The van der Waals surface area contributed by atoms with Crippen LogP contribution in [-0.2, 0) is 0 Å². The van der Waals surface area contributed by atoms with Gasteiger partial charge < -0.3 is 10.0 Å². The summed E-state index contributed by atoms with van der Waals surface area (Å²) in [6.07, 6.45) is 1.35. The number of aliphatic hydroxyl groups is 1. The molecule has 1 aliphatic heterocycles. The zero-order valence-corrected chi connectivity index (χ0v) is 9.55. The van der Waals surface area contributed by atoms with Gasteiger partial charge in [-0.15, -0.1) is 0 Å². The average Bonchev–Trinajstić information content (AvgIpc) is 3.03. The molecule has 3 rings (SSSR count). The Kier molecular flexibility index (Phi) is 2.70. The molecule has 16 heavy (non-hydrogen) atoms. The fourth-order valence-electron chi connectivity index (χ4n) is 2.83. The minimum atomic E-state index is 0.364. The molecular weight excluding hydrogens is 198 g/mol. The van der Waals surface area contributed by atoms with E-state index in [2.05, 4.69) is 35.2 Å². The highest BCUT2D eigenvalue weighted by atomic mass is 16.3. The Morgan fingerprint density at radius 3 is 2.62 bits per heavy atom. The van der Waals surface area contributed by atoms with E-state index in [9.17, 15) is 0 Å². The van der Waals surface area contributed by atoms with E-state index >= 15 is 0 Å². The lowest BCUT2D eigenvalue weighted by molar-refractivity contribution is 0.0500. The second-order valence-electron chi connectivity index (χ2n) is 5.28. The molecule has 1 heterocycles. The van der Waals surface area contributed by atoms with E-state index in [1.165, 1.54) is 18.5 Å². The Morgan fingerprint density at radius 1 is 1.19 bits per heavy atom. The van der Waals surface area contributed by atoms with Gasteiger partial charge in [-0.05, 0) is 23.8 Å². The number of likely N-dealkylation sites (tertiary alicyclic amines) is 1. The standard InChI is InChI=1S/C14H19NO/c16-10-11-7-15(8-11)9-13-6-14(13)12-4-2-1-3-5-12/h1-5,11,13-14,16H,6-10H2. The van der Waals surface area contributed by atoms with Crippen molar-refractivity contribution in [2.24, 2.45) is 11.8 Å². The number of rotatable bonds is 4. The van der Waals surface area contributed by atoms with E-state index in [4.69, 9.17) is 5.11 Å². The van der Waals surface area contributed by atoms with Gasteiger partial charge in [0.2, 0.25) is 0 Å². The number of benzene rings is 1. The fraction of sp³-hybridized carbons (Fsp3) is 0.571. The lowest BCUT2D eigenvalue weighted by atomic mass is 10.0. The quantitative estimate of drug-likeness (QED) is 0.830. The molecule has 1 N–H and O–H groups in total. The predicted molar refractivity (Wildman–Crippen MR) is 64.3 cm³/mol. The molecule has 2 atom stereocenters. The molecule has 2 heteroatoms. The van der Waals surface area contributed by atoms with Crippen LogP contribution in [0.3, 0.4) is 0 Å². The minimum absolute atomic E-state index is 0.364. The normalized spacial score (nSPS) is 30.1. The van der Waals surface area contributed by atoms with E-state index in [1.54, 1.807) is 0 Å². The number of hydrogen-bond donors (Lipinski definition) is 1. The third-order valence-corrected chi connectivity index (χ3v) is 3.93. The summed E-state index contributed by atoms with van der Waals surface area (Å²) in [6, 6.07) is 10.9. The van der Waals surface area contributed by atoms with Crippen molar-refractivity contribution in [3.8, 4) is 0 Å². The highest BCUT2D eigenvalue weighted by Gasteiger charge is 2.41. The van der Waals surface area contributed by atoms with Crippen molar-refractivity contribution in [3.05, 3.63) is 35.9 Å². The van der Waals surface area contributed by atoms with Crippen molar-refractivity contribution < 1.29 is 5.11 Å². The van der Waals surface area contributed by atoms with Crippen molar-refractivity contribution in [2.75, 3.05) is 26.2 Å². The van der Waals surface area contributed by atoms with Gasteiger partial charge in [-0.1, -0.05) is 30.3 Å². The van der Waals surface area contributed by atoms with E-state index in [-0.39, 0.29) is 0 Å². The molecule has 1 saturated heterocycles. The molecule has 0 amide bonds. The maximum atomic E-state index is 8.96. The van der Waals surface area contributed by atoms with E-state index < -0.39 is 0 Å². The molecule has 2 unspecified atom stereocenters. The van der Waals surface area contributed by atoms with E-state index in [0.29, 0.717) is 12.5 Å². The van der Waals surface area contributed by atoms with Gasteiger partial charge in [0.15, 0.2) is 0 Å². The number of aliphatic hydroxyl groups excluding tert-OH is 1. The summed E-state index contributed by atoms with van der Waals surface area (Å²) in [5, 5.41) is 8.96. The van der Waals surface area contributed by atoms with Gasteiger partial charge >= 0.3 is 0 Å². The summed E-state index contributed by atoms with van der Waals surface area (Å²) in [4.78, 5) is 2.48. The van der Waals surface area contributed by atoms with E-state index in [1.807, 2.05) is 0 Å². The SMILES string of the molecule is OCC1CN(CC2CC2c2ccccc2)C1. The van der Waals surface area contributed by atoms with E-state index in [0.717, 1.165) is 24.9 Å². The van der Waals surface area contributed by atoms with Gasteiger partial charge in [0.05, 0.1) is 0 Å². The Labute approximate surface area is 96.9 Å². The van der Waals surface area contributed by atoms with Crippen LogP contribution < -0.4 is 0 Å². The van der Waals surface area contributed by atoms with Crippen LogP contribution in [0.5, 0.6) is 0 Å². The Hall–Kier alpha value is -0.860. The largest absolute Gasteiger partial charge is 0.396 e. The molecule has 0 bridgehead atoms. The molecule has 0 aromatic heterocycles. The molecule has 2 aliphatic rings. The molecule has 1 aromatic rings. The lowest BCUT2D eigenvalue weighted by Gasteiger charge is -2.38. The topological polar surface area (TPSA) is 23.5 Å². The van der Waals surface area contributed by atoms with Crippen molar-refractivity contribution >= 4 is 0 Å². The maximum Gasteiger partial charge on any atom is 0.0483 e. The second kappa shape index (κ2) is 4.19. The van der Waals surface area contributed by atoms with Crippen LogP contribution in [0.2, 0.25) is 0 Å². The third kappa shape index (κ3) is 2.00. The molecule has 2 nitrogen and oxygen atoms in total. The van der Waals surface area contributed by atoms with Crippen LogP contribution in [-0.4, -0.2) is 36.2 Å². The molecule has 1 saturated carbocycles. The minimum Gasteiger partial charge on any atom is -0.396 e. The summed E-state index contributed by atoms with van der Waals surface area (Å²) >= 11 is 0. The summed E-state index contributed by atoms with van der Waals surface area (Å²) in [7, 11) is 0. The number of nitrogens with zero attached hydrogens (tertiary/aromatic N) is 1. The molecule has 1 aliphatic carbocycles. The second-order valence-corrected chi connectivity index (χ2v) is 5.28. The molecular formula is C14H19NO. The zero-order chi connectivity index (χ0) is 11.0. The molecule has 1 aromatic carbocycles. The fourth-order valence-corrected chi connectivity index (χ4v) is 2.83. The first kappa shape index (κ1) is 10.3. The summed E-state index contributed by atoms with van der Waals surface area (Å²) < 4.78 is 0. The van der Waals surface area contributed by atoms with Crippen LogP contribution in [0.4, 0.5) is 0 Å². The molecule has 0 radical (unpaired) electrons. The van der Waals surface area contributed by atoms with Crippen LogP contribution in [0.1, 0.15) is 17.9 Å². The first-order valence-corrected chi connectivity index (χ1v) is 6.25. The summed E-state index contributed by atoms with van der Waals surface area (Å²) in [6.45, 7) is 3.81. The predicted octanol–water partition coefficient (Wildman–Crippen LogP) is 1.71. The number of hydrogen-bond acceptors (Lipinski definition) is 2. The van der Waals surface area contributed by atoms with Gasteiger partial charge in [-0.3, -0.25) is 0 Å². The first-order valence-electron chi connectivity index (χ1n) is 6.25. The summed E-state index contributed by atoms with van der Waals surface area (Å²) in [5.41, 5.74) is 1.51. The van der Waals surface area contributed by atoms with Crippen molar-refractivity contribution in [1.82, 2.24) is 4.90 Å². The van der Waals surface area contributed by atoms with Crippen molar-refractivity contribution in [3.63, 3.8) is 0 Å². The Bertz CT molecular complexity index is 345. The molecule has 0 spiro atoms. The average molecular weight is 217 g/mol. The monoisotopic (exact) mass is 217 g/mol. The van der Waals surface area contributed by atoms with Crippen LogP contribution in [0.25, 0.3) is 0 Å². The van der Waals surface area contributed by atoms with Gasteiger partial charge in [0, 0.05) is 32.2 Å². The highest BCUT2D eigenvalue weighted by molar-refractivity contribution is 5.25. The van der Waals surface area contributed by atoms with Crippen molar-refractivity contribution in [1.29, 1.82) is 0 Å². The van der Waals surface area contributed by atoms with Crippen LogP contribution >= 0.6 is 0 Å². The Balaban J connectivity index is 1.47. The highest BCUT2D eigenvalue weighted by Crippen LogP contribution is 2.48. The lowest BCUT2D eigenvalue weighted by Crippen LogP contribution is -2.49. The van der Waals surface area contributed by atoms with Gasteiger partial charge in [-0.25, -0.2) is 0 Å². The maximum absolute atomic E-state index is 8.96. The molecule has 86 valence electrons. The van der Waals surface area contributed by atoms with Crippen molar-refractivity contribution in [2.45, 2.75) is 12.3 Å². The first-order chi connectivity index (χ1) is 7.86. The van der Waals surface area contributed by atoms with Gasteiger partial charge in [-0.2, -0.15) is 0 Å². The summed E-state index contributed by atoms with van der Waals surface area (Å²) in [5.74, 6) is 2.21. The smallest absolute Gasteiger partial charge is 0.0483 e. The Morgan fingerprint density at radius 2 is 1.94 bits per heavy atom. The van der Waals surface area contributed by atoms with Crippen LogP contribution in [0, 0.1) is 11.8 Å². The zero-order valence-electron chi connectivity index (χ0n) is 9.55. The van der Waals surface area contributed by atoms with Gasteiger partial charge in [0.25, 0.3) is 0 Å². The third-order valence-electron chi connectivity index (χ3n) is 3.93. The van der Waals surface area contributed by atoms with Gasteiger partial charge in [0.1, 0.15) is 0 Å². The molecule has 2 fully saturated rings. The van der Waals surface area contributed by atoms with Crippen LogP contribution in [0.15, 0.2) is 30.3 Å².